The van der Waals surface area contributed by atoms with E-state index in [2.05, 4.69) is 4.98 Å². The van der Waals surface area contributed by atoms with Crippen molar-refractivity contribution in [3.63, 3.8) is 0 Å². The van der Waals surface area contributed by atoms with Crippen LogP contribution >= 0.6 is 23.2 Å². The van der Waals surface area contributed by atoms with Gasteiger partial charge in [0.2, 0.25) is 0 Å². The van der Waals surface area contributed by atoms with Crippen LogP contribution in [0.5, 0.6) is 0 Å². The van der Waals surface area contributed by atoms with Gasteiger partial charge in [-0.15, -0.1) is 0 Å². The van der Waals surface area contributed by atoms with Crippen molar-refractivity contribution in [3.05, 3.63) is 101 Å². The maximum atomic E-state index is 13.0. The van der Waals surface area contributed by atoms with Gasteiger partial charge in [0.05, 0.1) is 0 Å². The highest BCUT2D eigenvalue weighted by atomic mass is 35.5. The molecule has 26 heavy (non-hydrogen) atoms. The molecule has 4 aromatic rings. The van der Waals surface area contributed by atoms with Gasteiger partial charge in [0, 0.05) is 62.8 Å². The van der Waals surface area contributed by atoms with E-state index in [1.54, 1.807) is 24.5 Å². The van der Waals surface area contributed by atoms with Crippen LogP contribution in [-0.2, 0) is 0 Å². The minimum atomic E-state index is -0.0636. The van der Waals surface area contributed by atoms with Crippen LogP contribution < -0.4 is 0 Å². The van der Waals surface area contributed by atoms with Crippen LogP contribution in [0, 0.1) is 0 Å². The zero-order chi connectivity index (χ0) is 18.1. The Bertz CT molecular complexity index is 1060. The molecule has 0 unspecified atom stereocenters. The number of rotatable bonds is 4. The molecule has 0 spiro atoms. The Morgan fingerprint density at radius 2 is 1.62 bits per heavy atom. The molecule has 0 bridgehead atoms. The number of hydrogen-bond acceptors (Lipinski definition) is 1. The third-order valence-corrected chi connectivity index (χ3v) is 4.79. The van der Waals surface area contributed by atoms with Gasteiger partial charge < -0.3 is 9.55 Å². The van der Waals surface area contributed by atoms with Crippen molar-refractivity contribution >= 4 is 29.0 Å². The Morgan fingerprint density at radius 3 is 2.31 bits per heavy atom. The molecule has 0 aliphatic carbocycles. The van der Waals surface area contributed by atoms with Crippen molar-refractivity contribution in [1.29, 1.82) is 0 Å². The lowest BCUT2D eigenvalue weighted by Gasteiger charge is -2.08. The average Bonchev–Trinajstić information content (AvgIpc) is 3.33. The van der Waals surface area contributed by atoms with Crippen LogP contribution in [0.4, 0.5) is 0 Å². The minimum Gasteiger partial charge on any atom is -0.366 e. The second kappa shape index (κ2) is 6.87. The van der Waals surface area contributed by atoms with Gasteiger partial charge in [0.15, 0.2) is 5.78 Å². The van der Waals surface area contributed by atoms with E-state index >= 15 is 0 Å². The maximum Gasteiger partial charge on any atom is 0.195 e. The Hall–Kier alpha value is -2.75. The molecule has 3 nitrogen and oxygen atoms in total. The molecule has 0 aliphatic heterocycles. The van der Waals surface area contributed by atoms with Gasteiger partial charge in [-0.05, 0) is 48.5 Å². The largest absolute Gasteiger partial charge is 0.366 e. The van der Waals surface area contributed by atoms with Crippen molar-refractivity contribution in [2.24, 2.45) is 0 Å². The predicted octanol–water partition coefficient (Wildman–Crippen LogP) is 6.01. The molecule has 0 saturated heterocycles. The number of benzene rings is 2. The van der Waals surface area contributed by atoms with Crippen LogP contribution in [0.15, 0.2) is 79.4 Å². The first-order chi connectivity index (χ1) is 12.6. The fourth-order valence-corrected chi connectivity index (χ4v) is 3.44. The number of halogens is 2. The van der Waals surface area contributed by atoms with Gasteiger partial charge in [-0.1, -0.05) is 29.3 Å². The van der Waals surface area contributed by atoms with Gasteiger partial charge in [-0.25, -0.2) is 0 Å². The normalized spacial score (nSPS) is 10.8. The lowest BCUT2D eigenvalue weighted by Crippen LogP contribution is -2.02. The first-order valence-electron chi connectivity index (χ1n) is 8.04. The van der Waals surface area contributed by atoms with E-state index in [9.17, 15) is 4.79 Å². The quantitative estimate of drug-likeness (QED) is 0.432. The van der Waals surface area contributed by atoms with Gasteiger partial charge in [-0.2, -0.15) is 0 Å². The summed E-state index contributed by atoms with van der Waals surface area (Å²) in [4.78, 5) is 16.0. The number of aromatic nitrogens is 2. The number of H-pyrrole nitrogens is 1. The first-order valence-corrected chi connectivity index (χ1v) is 8.79. The Labute approximate surface area is 160 Å². The second-order valence-corrected chi connectivity index (χ2v) is 6.72. The molecule has 2 aromatic heterocycles. The Balaban J connectivity index is 1.68. The summed E-state index contributed by atoms with van der Waals surface area (Å²) in [5, 5.41) is 1.07. The third-order valence-electron chi connectivity index (χ3n) is 4.24. The van der Waals surface area contributed by atoms with Gasteiger partial charge in [0.25, 0.3) is 0 Å². The lowest BCUT2D eigenvalue weighted by molar-refractivity contribution is 0.103. The molecule has 5 heteroatoms. The summed E-state index contributed by atoms with van der Waals surface area (Å²) in [6.45, 7) is 0. The monoisotopic (exact) mass is 380 g/mol. The third kappa shape index (κ3) is 3.07. The zero-order valence-corrected chi connectivity index (χ0v) is 15.1. The van der Waals surface area contributed by atoms with E-state index in [0.29, 0.717) is 21.2 Å². The highest BCUT2D eigenvalue weighted by Crippen LogP contribution is 2.33. The van der Waals surface area contributed by atoms with Gasteiger partial charge in [-0.3, -0.25) is 4.79 Å². The zero-order valence-electron chi connectivity index (χ0n) is 13.6. The molecular weight excluding hydrogens is 367 g/mol. The van der Waals surface area contributed by atoms with Gasteiger partial charge in [0.1, 0.15) is 0 Å². The lowest BCUT2D eigenvalue weighted by atomic mass is 9.98. The molecule has 0 radical (unpaired) electrons. The molecule has 2 aromatic carbocycles. The van der Waals surface area contributed by atoms with Crippen molar-refractivity contribution < 1.29 is 4.79 Å². The van der Waals surface area contributed by atoms with Crippen molar-refractivity contribution in [3.8, 4) is 16.8 Å². The number of ketones is 1. The number of hydrogen-bond donors (Lipinski definition) is 1. The van der Waals surface area contributed by atoms with Crippen molar-refractivity contribution in [2.75, 3.05) is 0 Å². The number of carbonyl (C=O) groups is 1. The smallest absolute Gasteiger partial charge is 0.195 e. The van der Waals surface area contributed by atoms with Crippen LogP contribution in [0.25, 0.3) is 16.8 Å². The van der Waals surface area contributed by atoms with Crippen LogP contribution in [-0.4, -0.2) is 15.3 Å². The molecule has 1 N–H and O–H groups in total. The molecule has 0 fully saturated rings. The van der Waals surface area contributed by atoms with Crippen molar-refractivity contribution in [1.82, 2.24) is 9.55 Å². The number of carbonyl (C=O) groups excluding carboxylic acids is 1. The SMILES string of the molecule is O=C(c1ccc(-n2cccc2)cc1)c1c[nH]cc1-c1ccc(Cl)cc1Cl. The number of aromatic amines is 1. The van der Waals surface area contributed by atoms with E-state index in [1.807, 2.05) is 59.4 Å². The fourth-order valence-electron chi connectivity index (χ4n) is 2.93. The predicted molar refractivity (Wildman–Crippen MR) is 105 cm³/mol. The second-order valence-electron chi connectivity index (χ2n) is 5.87. The van der Waals surface area contributed by atoms with E-state index in [0.717, 1.165) is 16.8 Å². The Kier molecular flexibility index (Phi) is 4.41. The fraction of sp³-hybridized carbons (Fsp3) is 0. The molecule has 0 aliphatic rings. The first kappa shape index (κ1) is 16.7. The molecule has 128 valence electrons. The highest BCUT2D eigenvalue weighted by Gasteiger charge is 2.17. The summed E-state index contributed by atoms with van der Waals surface area (Å²) in [6, 6.07) is 16.7. The van der Waals surface area contributed by atoms with E-state index in [4.69, 9.17) is 23.2 Å². The maximum absolute atomic E-state index is 13.0. The van der Waals surface area contributed by atoms with Crippen LogP contribution in [0.2, 0.25) is 10.0 Å². The molecule has 0 saturated carbocycles. The highest BCUT2D eigenvalue weighted by molar-refractivity contribution is 6.36. The summed E-state index contributed by atoms with van der Waals surface area (Å²) in [6.07, 6.45) is 7.40. The van der Waals surface area contributed by atoms with Crippen LogP contribution in [0.1, 0.15) is 15.9 Å². The van der Waals surface area contributed by atoms with E-state index in [1.165, 1.54) is 0 Å². The van der Waals surface area contributed by atoms with Crippen molar-refractivity contribution in [2.45, 2.75) is 0 Å². The molecule has 2 heterocycles. The summed E-state index contributed by atoms with van der Waals surface area (Å²) < 4.78 is 1.99. The molecule has 0 amide bonds. The molecule has 0 atom stereocenters. The summed E-state index contributed by atoms with van der Waals surface area (Å²) in [5.74, 6) is -0.0636. The summed E-state index contributed by atoms with van der Waals surface area (Å²) >= 11 is 12.3. The average molecular weight is 381 g/mol. The molecular formula is C21H14Cl2N2O. The summed E-state index contributed by atoms with van der Waals surface area (Å²) in [5.41, 5.74) is 3.71. The van der Waals surface area contributed by atoms with Crippen LogP contribution in [0.3, 0.4) is 0 Å². The van der Waals surface area contributed by atoms with E-state index in [-0.39, 0.29) is 5.78 Å². The topological polar surface area (TPSA) is 37.8 Å². The van der Waals surface area contributed by atoms with E-state index < -0.39 is 0 Å². The standard InChI is InChI=1S/C21H14Cl2N2O/c22-15-5-8-17(20(23)11-15)18-12-24-13-19(18)21(26)14-3-6-16(7-4-14)25-9-1-2-10-25/h1-13,24H. The minimum absolute atomic E-state index is 0.0636. The number of nitrogens with one attached hydrogen (secondary N) is 1. The van der Waals surface area contributed by atoms with Gasteiger partial charge >= 0.3 is 0 Å². The Morgan fingerprint density at radius 1 is 0.885 bits per heavy atom. The summed E-state index contributed by atoms with van der Waals surface area (Å²) in [7, 11) is 0. The number of nitrogens with zero attached hydrogens (tertiary/aromatic N) is 1. The molecule has 4 rings (SSSR count).